The molecule has 37 heavy (non-hydrogen) atoms. The van der Waals surface area contributed by atoms with Crippen LogP contribution in [0.3, 0.4) is 0 Å². The molecule has 1 aliphatic rings. The van der Waals surface area contributed by atoms with Gasteiger partial charge < -0.3 is 25.4 Å². The lowest BCUT2D eigenvalue weighted by atomic mass is 10.0. The SMILES string of the molecule is COc1cc(C(=O)O)ccc1-c1ccc(NC(=O)[C@H]2CCCN2C(=O)Nc2ccc(C(C)C)cc2)nc1. The molecule has 1 atom stereocenters. The molecule has 9 heteroatoms. The monoisotopic (exact) mass is 502 g/mol. The van der Waals surface area contributed by atoms with E-state index in [1.165, 1.54) is 24.8 Å². The number of nitrogens with zero attached hydrogens (tertiary/aromatic N) is 2. The summed E-state index contributed by atoms with van der Waals surface area (Å²) in [5.74, 6) is -0.180. The average Bonchev–Trinajstić information content (AvgIpc) is 3.39. The third-order valence-electron chi connectivity index (χ3n) is 6.42. The Balaban J connectivity index is 1.41. The number of benzene rings is 2. The summed E-state index contributed by atoms with van der Waals surface area (Å²) < 4.78 is 5.34. The zero-order valence-electron chi connectivity index (χ0n) is 21.0. The molecule has 2 heterocycles. The van der Waals surface area contributed by atoms with Gasteiger partial charge in [0.2, 0.25) is 5.91 Å². The molecule has 1 aliphatic heterocycles. The third-order valence-corrected chi connectivity index (χ3v) is 6.42. The van der Waals surface area contributed by atoms with E-state index < -0.39 is 12.0 Å². The molecule has 1 saturated heterocycles. The van der Waals surface area contributed by atoms with Gasteiger partial charge in [-0.1, -0.05) is 26.0 Å². The Labute approximate surface area is 215 Å². The number of carboxylic acid groups (broad SMARTS) is 1. The van der Waals surface area contributed by atoms with Crippen molar-refractivity contribution in [2.24, 2.45) is 0 Å². The zero-order valence-corrected chi connectivity index (χ0v) is 21.0. The van der Waals surface area contributed by atoms with E-state index in [2.05, 4.69) is 29.5 Å². The summed E-state index contributed by atoms with van der Waals surface area (Å²) in [5.41, 5.74) is 3.38. The first kappa shape index (κ1) is 25.7. The van der Waals surface area contributed by atoms with Crippen LogP contribution < -0.4 is 15.4 Å². The van der Waals surface area contributed by atoms with Crippen LogP contribution in [0.4, 0.5) is 16.3 Å². The van der Waals surface area contributed by atoms with Gasteiger partial charge >= 0.3 is 12.0 Å². The van der Waals surface area contributed by atoms with Gasteiger partial charge in [-0.3, -0.25) is 4.79 Å². The van der Waals surface area contributed by atoms with Crippen LogP contribution in [0.1, 0.15) is 48.5 Å². The molecule has 1 fully saturated rings. The van der Waals surface area contributed by atoms with Crippen molar-refractivity contribution >= 4 is 29.4 Å². The number of pyridine rings is 1. The number of nitrogens with one attached hydrogen (secondary N) is 2. The number of ether oxygens (including phenoxy) is 1. The van der Waals surface area contributed by atoms with Gasteiger partial charge in [-0.25, -0.2) is 14.6 Å². The van der Waals surface area contributed by atoms with E-state index in [4.69, 9.17) is 4.74 Å². The number of likely N-dealkylation sites (tertiary alicyclic amines) is 1. The zero-order chi connectivity index (χ0) is 26.5. The van der Waals surface area contributed by atoms with Crippen LogP contribution in [0.25, 0.3) is 11.1 Å². The Hall–Kier alpha value is -4.40. The minimum absolute atomic E-state index is 0.121. The molecule has 0 saturated carbocycles. The van der Waals surface area contributed by atoms with Crippen molar-refractivity contribution in [3.63, 3.8) is 0 Å². The fourth-order valence-corrected chi connectivity index (χ4v) is 4.33. The van der Waals surface area contributed by atoms with Crippen LogP contribution in [0.2, 0.25) is 0 Å². The number of aromatic nitrogens is 1. The second-order valence-corrected chi connectivity index (χ2v) is 9.20. The Morgan fingerprint density at radius 2 is 1.81 bits per heavy atom. The van der Waals surface area contributed by atoms with Gasteiger partial charge in [0.15, 0.2) is 0 Å². The average molecular weight is 503 g/mol. The summed E-state index contributed by atoms with van der Waals surface area (Å²) in [5, 5.41) is 14.9. The van der Waals surface area contributed by atoms with E-state index in [0.717, 1.165) is 6.42 Å². The van der Waals surface area contributed by atoms with E-state index in [0.29, 0.717) is 47.3 Å². The minimum atomic E-state index is -1.04. The number of anilines is 2. The second kappa shape index (κ2) is 11.1. The second-order valence-electron chi connectivity index (χ2n) is 9.20. The number of urea groups is 1. The Morgan fingerprint density at radius 1 is 1.05 bits per heavy atom. The third kappa shape index (κ3) is 5.88. The summed E-state index contributed by atoms with van der Waals surface area (Å²) in [7, 11) is 1.47. The molecule has 192 valence electrons. The predicted octanol–water partition coefficient (Wildman–Crippen LogP) is 5.21. The molecule has 0 bridgehead atoms. The smallest absolute Gasteiger partial charge is 0.335 e. The molecule has 3 amide bonds. The molecule has 3 aromatic rings. The predicted molar refractivity (Wildman–Crippen MR) is 141 cm³/mol. The number of rotatable bonds is 7. The Bertz CT molecular complexity index is 1290. The maximum absolute atomic E-state index is 13.0. The lowest BCUT2D eigenvalue weighted by Crippen LogP contribution is -2.45. The van der Waals surface area contributed by atoms with Gasteiger partial charge in [0.05, 0.1) is 12.7 Å². The summed E-state index contributed by atoms with van der Waals surface area (Å²) >= 11 is 0. The lowest BCUT2D eigenvalue weighted by Gasteiger charge is -2.24. The maximum atomic E-state index is 13.0. The van der Waals surface area contributed by atoms with Crippen molar-refractivity contribution in [3.05, 3.63) is 71.9 Å². The van der Waals surface area contributed by atoms with Gasteiger partial charge in [-0.05, 0) is 66.8 Å². The van der Waals surface area contributed by atoms with Crippen LogP contribution in [0.5, 0.6) is 5.75 Å². The molecule has 0 radical (unpaired) electrons. The Morgan fingerprint density at radius 3 is 2.43 bits per heavy atom. The maximum Gasteiger partial charge on any atom is 0.335 e. The number of methoxy groups -OCH3 is 1. The van der Waals surface area contributed by atoms with Gasteiger partial charge in [-0.15, -0.1) is 0 Å². The number of hydrogen-bond acceptors (Lipinski definition) is 5. The van der Waals surface area contributed by atoms with Crippen LogP contribution >= 0.6 is 0 Å². The first-order chi connectivity index (χ1) is 17.8. The van der Waals surface area contributed by atoms with Crippen molar-refractivity contribution in [2.75, 3.05) is 24.3 Å². The summed E-state index contributed by atoms with van der Waals surface area (Å²) in [6.45, 7) is 4.71. The molecule has 2 aromatic carbocycles. The first-order valence-electron chi connectivity index (χ1n) is 12.1. The largest absolute Gasteiger partial charge is 0.496 e. The highest BCUT2D eigenvalue weighted by atomic mass is 16.5. The molecular weight excluding hydrogens is 472 g/mol. The first-order valence-corrected chi connectivity index (χ1v) is 12.1. The number of aromatic carboxylic acids is 1. The van der Waals surface area contributed by atoms with Crippen molar-refractivity contribution < 1.29 is 24.2 Å². The summed E-state index contributed by atoms with van der Waals surface area (Å²) in [4.78, 5) is 43.0. The molecule has 0 spiro atoms. The number of carbonyl (C=O) groups excluding carboxylic acids is 2. The summed E-state index contributed by atoms with van der Waals surface area (Å²) in [6, 6.07) is 14.8. The highest BCUT2D eigenvalue weighted by Gasteiger charge is 2.34. The van der Waals surface area contributed by atoms with Crippen molar-refractivity contribution in [2.45, 2.75) is 38.6 Å². The van der Waals surface area contributed by atoms with Crippen molar-refractivity contribution in [3.8, 4) is 16.9 Å². The molecule has 3 N–H and O–H groups in total. The standard InChI is InChI=1S/C28H30N4O5/c1-17(2)18-6-10-21(11-7-18)30-28(36)32-14-4-5-23(32)26(33)31-25-13-9-20(16-29-25)22-12-8-19(27(34)35)15-24(22)37-3/h6-13,15-17,23H,4-5,14H2,1-3H3,(H,30,36)(H,34,35)(H,29,31,33)/t23-/m1/s1. The van der Waals surface area contributed by atoms with E-state index in [1.807, 2.05) is 24.3 Å². The van der Waals surface area contributed by atoms with Gasteiger partial charge in [0, 0.05) is 29.6 Å². The highest BCUT2D eigenvalue weighted by molar-refractivity contribution is 5.99. The quantitative estimate of drug-likeness (QED) is 0.408. The van der Waals surface area contributed by atoms with E-state index in [-0.39, 0.29) is 17.5 Å². The van der Waals surface area contributed by atoms with Crippen molar-refractivity contribution in [1.29, 1.82) is 0 Å². The number of amides is 3. The van der Waals surface area contributed by atoms with Crippen molar-refractivity contribution in [1.82, 2.24) is 9.88 Å². The molecule has 4 rings (SSSR count). The van der Waals surface area contributed by atoms with E-state index >= 15 is 0 Å². The fourth-order valence-electron chi connectivity index (χ4n) is 4.33. The Kier molecular flexibility index (Phi) is 7.71. The van der Waals surface area contributed by atoms with Crippen LogP contribution in [-0.2, 0) is 4.79 Å². The highest BCUT2D eigenvalue weighted by Crippen LogP contribution is 2.31. The van der Waals surface area contributed by atoms with Gasteiger partial charge in [-0.2, -0.15) is 0 Å². The number of hydrogen-bond donors (Lipinski definition) is 3. The van der Waals surface area contributed by atoms with Crippen LogP contribution in [-0.4, -0.2) is 52.6 Å². The molecular formula is C28H30N4O5. The fraction of sp³-hybridized carbons (Fsp3) is 0.286. The lowest BCUT2D eigenvalue weighted by molar-refractivity contribution is -0.119. The minimum Gasteiger partial charge on any atom is -0.496 e. The van der Waals surface area contributed by atoms with Crippen LogP contribution in [0, 0.1) is 0 Å². The number of carbonyl (C=O) groups is 3. The molecule has 9 nitrogen and oxygen atoms in total. The van der Waals surface area contributed by atoms with Gasteiger partial charge in [0.25, 0.3) is 0 Å². The topological polar surface area (TPSA) is 121 Å². The number of carboxylic acids is 1. The normalized spacial score (nSPS) is 14.9. The molecule has 0 aliphatic carbocycles. The van der Waals surface area contributed by atoms with Crippen LogP contribution in [0.15, 0.2) is 60.8 Å². The van der Waals surface area contributed by atoms with E-state index in [9.17, 15) is 19.5 Å². The summed E-state index contributed by atoms with van der Waals surface area (Å²) in [6.07, 6.45) is 2.88. The molecule has 0 unspecified atom stereocenters. The van der Waals surface area contributed by atoms with Gasteiger partial charge in [0.1, 0.15) is 17.6 Å². The molecule has 1 aromatic heterocycles. The van der Waals surface area contributed by atoms with E-state index in [1.54, 1.807) is 29.3 Å².